The predicted molar refractivity (Wildman–Crippen MR) is 47.5 cm³/mol. The van der Waals surface area contributed by atoms with E-state index in [0.717, 1.165) is 24.2 Å². The van der Waals surface area contributed by atoms with Gasteiger partial charge in [-0.15, -0.1) is 0 Å². The van der Waals surface area contributed by atoms with E-state index in [1.165, 1.54) is 19.3 Å². The second kappa shape index (κ2) is 1.95. The van der Waals surface area contributed by atoms with Gasteiger partial charge in [0.05, 0.1) is 12.4 Å². The summed E-state index contributed by atoms with van der Waals surface area (Å²) in [5, 5.41) is 0. The molecule has 12 heavy (non-hydrogen) atoms. The van der Waals surface area contributed by atoms with Crippen molar-refractivity contribution in [2.24, 2.45) is 17.3 Å². The lowest BCUT2D eigenvalue weighted by molar-refractivity contribution is 0.226. The molecule has 3 aliphatic rings. The maximum Gasteiger partial charge on any atom is 0.0957 e. The van der Waals surface area contributed by atoms with E-state index >= 15 is 0 Å². The number of hydrogen-bond donors (Lipinski definition) is 0. The molecule has 0 N–H and O–H groups in total. The molecule has 1 spiro atoms. The Morgan fingerprint density at radius 1 is 1.50 bits per heavy atom. The minimum Gasteiger partial charge on any atom is -0.498 e. The number of fused-ring (bicyclic) bond motifs is 3. The highest BCUT2D eigenvalue weighted by atomic mass is 16.5. The van der Waals surface area contributed by atoms with Crippen LogP contribution in [0.4, 0.5) is 0 Å². The molecule has 2 fully saturated rings. The van der Waals surface area contributed by atoms with Gasteiger partial charge in [-0.3, -0.25) is 0 Å². The van der Waals surface area contributed by atoms with Gasteiger partial charge < -0.3 is 4.74 Å². The standard InChI is InChI=1S/C11H14O/c1-8-11(4-5-12-8)7-9-2-3-10(11)6-9/h2-3,9-10H,1,4-7H2. The molecule has 3 atom stereocenters. The van der Waals surface area contributed by atoms with Crippen LogP contribution in [0.5, 0.6) is 0 Å². The van der Waals surface area contributed by atoms with Crippen molar-refractivity contribution in [2.75, 3.05) is 6.61 Å². The van der Waals surface area contributed by atoms with Crippen LogP contribution in [0.1, 0.15) is 19.3 Å². The van der Waals surface area contributed by atoms with Crippen molar-refractivity contribution in [1.29, 1.82) is 0 Å². The smallest absolute Gasteiger partial charge is 0.0957 e. The molecule has 1 nitrogen and oxygen atoms in total. The van der Waals surface area contributed by atoms with Gasteiger partial charge in [0.1, 0.15) is 0 Å². The van der Waals surface area contributed by atoms with Crippen LogP contribution in [0, 0.1) is 17.3 Å². The van der Waals surface area contributed by atoms with E-state index in [9.17, 15) is 0 Å². The molecule has 64 valence electrons. The fourth-order valence-corrected chi connectivity index (χ4v) is 3.20. The van der Waals surface area contributed by atoms with Gasteiger partial charge in [-0.25, -0.2) is 0 Å². The van der Waals surface area contributed by atoms with Crippen LogP contribution in [-0.2, 0) is 4.74 Å². The zero-order valence-corrected chi connectivity index (χ0v) is 7.25. The van der Waals surface area contributed by atoms with E-state index in [1.807, 2.05) is 0 Å². The van der Waals surface area contributed by atoms with E-state index in [-0.39, 0.29) is 0 Å². The Balaban J connectivity index is 2.02. The summed E-state index contributed by atoms with van der Waals surface area (Å²) in [5.74, 6) is 2.64. The highest BCUT2D eigenvalue weighted by molar-refractivity contribution is 5.24. The fraction of sp³-hybridized carbons (Fsp3) is 0.636. The molecule has 0 aromatic heterocycles. The first kappa shape index (κ1) is 6.76. The van der Waals surface area contributed by atoms with Crippen LogP contribution in [0.25, 0.3) is 0 Å². The van der Waals surface area contributed by atoms with Crippen molar-refractivity contribution < 1.29 is 4.74 Å². The summed E-state index contributed by atoms with van der Waals surface area (Å²) < 4.78 is 5.51. The van der Waals surface area contributed by atoms with Crippen molar-refractivity contribution in [3.8, 4) is 0 Å². The maximum absolute atomic E-state index is 5.51. The third-order valence-corrected chi connectivity index (χ3v) is 3.89. The van der Waals surface area contributed by atoms with Crippen molar-refractivity contribution in [3.63, 3.8) is 0 Å². The van der Waals surface area contributed by atoms with Gasteiger partial charge in [-0.1, -0.05) is 18.7 Å². The molecule has 0 aromatic rings. The first-order valence-electron chi connectivity index (χ1n) is 4.82. The summed E-state index contributed by atoms with van der Waals surface area (Å²) >= 11 is 0. The monoisotopic (exact) mass is 162 g/mol. The SMILES string of the molecule is C=C1OCCC12CC1C=CC2C1. The van der Waals surface area contributed by atoms with Gasteiger partial charge in [0.2, 0.25) is 0 Å². The third-order valence-electron chi connectivity index (χ3n) is 3.89. The Bertz CT molecular complexity index is 266. The molecule has 1 saturated heterocycles. The molecule has 3 rings (SSSR count). The Labute approximate surface area is 73.1 Å². The van der Waals surface area contributed by atoms with Crippen molar-refractivity contribution in [2.45, 2.75) is 19.3 Å². The highest BCUT2D eigenvalue weighted by Crippen LogP contribution is 2.59. The molecule has 1 heterocycles. The molecule has 0 amide bonds. The summed E-state index contributed by atoms with van der Waals surface area (Å²) in [7, 11) is 0. The maximum atomic E-state index is 5.51. The van der Waals surface area contributed by atoms with E-state index in [0.29, 0.717) is 5.41 Å². The van der Waals surface area contributed by atoms with Gasteiger partial charge in [0.15, 0.2) is 0 Å². The van der Waals surface area contributed by atoms with Crippen LogP contribution < -0.4 is 0 Å². The molecule has 3 unspecified atom stereocenters. The average molecular weight is 162 g/mol. The lowest BCUT2D eigenvalue weighted by Gasteiger charge is -2.29. The van der Waals surface area contributed by atoms with Crippen molar-refractivity contribution in [3.05, 3.63) is 24.5 Å². The second-order valence-electron chi connectivity index (χ2n) is 4.37. The summed E-state index contributed by atoms with van der Waals surface area (Å²) in [5.41, 5.74) is 0.361. The lowest BCUT2D eigenvalue weighted by atomic mass is 9.73. The summed E-state index contributed by atoms with van der Waals surface area (Å²) in [4.78, 5) is 0. The van der Waals surface area contributed by atoms with E-state index in [2.05, 4.69) is 18.7 Å². The molecule has 1 saturated carbocycles. The lowest BCUT2D eigenvalue weighted by Crippen LogP contribution is -2.23. The van der Waals surface area contributed by atoms with Gasteiger partial charge in [0, 0.05) is 5.41 Å². The Kier molecular flexibility index (Phi) is 1.10. The van der Waals surface area contributed by atoms with E-state index in [1.54, 1.807) is 0 Å². The normalized spacial score (nSPS) is 49.2. The zero-order valence-electron chi connectivity index (χ0n) is 7.25. The molecular formula is C11H14O. The fourth-order valence-electron chi connectivity index (χ4n) is 3.20. The number of hydrogen-bond acceptors (Lipinski definition) is 1. The first-order chi connectivity index (χ1) is 5.81. The second-order valence-corrected chi connectivity index (χ2v) is 4.37. The molecule has 2 bridgehead atoms. The first-order valence-corrected chi connectivity index (χ1v) is 4.82. The molecule has 2 aliphatic carbocycles. The topological polar surface area (TPSA) is 9.23 Å². The summed E-state index contributed by atoms with van der Waals surface area (Å²) in [6, 6.07) is 0. The Hall–Kier alpha value is -0.720. The van der Waals surface area contributed by atoms with Gasteiger partial charge in [0.25, 0.3) is 0 Å². The number of ether oxygens (including phenoxy) is 1. The number of rotatable bonds is 0. The molecule has 0 radical (unpaired) electrons. The van der Waals surface area contributed by atoms with Crippen molar-refractivity contribution >= 4 is 0 Å². The van der Waals surface area contributed by atoms with Crippen LogP contribution >= 0.6 is 0 Å². The predicted octanol–water partition coefficient (Wildman–Crippen LogP) is 2.50. The Morgan fingerprint density at radius 2 is 2.42 bits per heavy atom. The van der Waals surface area contributed by atoms with Gasteiger partial charge in [-0.05, 0) is 31.1 Å². The minimum atomic E-state index is 0.361. The van der Waals surface area contributed by atoms with E-state index in [4.69, 9.17) is 4.74 Å². The zero-order chi connectivity index (χ0) is 8.18. The van der Waals surface area contributed by atoms with Crippen LogP contribution in [0.15, 0.2) is 24.5 Å². The number of allylic oxidation sites excluding steroid dienone is 3. The quantitative estimate of drug-likeness (QED) is 0.497. The minimum absolute atomic E-state index is 0.361. The van der Waals surface area contributed by atoms with Crippen LogP contribution in [0.2, 0.25) is 0 Å². The molecular weight excluding hydrogens is 148 g/mol. The molecule has 0 aromatic carbocycles. The van der Waals surface area contributed by atoms with Gasteiger partial charge in [-0.2, -0.15) is 0 Å². The van der Waals surface area contributed by atoms with Crippen molar-refractivity contribution in [1.82, 2.24) is 0 Å². The summed E-state index contributed by atoms with van der Waals surface area (Å²) in [6.45, 7) is 4.95. The summed E-state index contributed by atoms with van der Waals surface area (Å²) in [6.07, 6.45) is 8.61. The third kappa shape index (κ3) is 0.611. The highest BCUT2D eigenvalue weighted by Gasteiger charge is 2.53. The Morgan fingerprint density at radius 3 is 2.92 bits per heavy atom. The van der Waals surface area contributed by atoms with E-state index < -0.39 is 0 Å². The van der Waals surface area contributed by atoms with Crippen LogP contribution in [0.3, 0.4) is 0 Å². The van der Waals surface area contributed by atoms with Crippen LogP contribution in [-0.4, -0.2) is 6.61 Å². The average Bonchev–Trinajstić information content (AvgIpc) is 2.69. The largest absolute Gasteiger partial charge is 0.498 e. The molecule has 1 aliphatic heterocycles. The van der Waals surface area contributed by atoms with Gasteiger partial charge >= 0.3 is 0 Å². The molecule has 1 heteroatoms.